The second-order valence-corrected chi connectivity index (χ2v) is 3.21. The van der Waals surface area contributed by atoms with Gasteiger partial charge in [0.15, 0.2) is 5.69 Å². The fraction of sp³-hybridized carbons (Fsp3) is 0.500. The van der Waals surface area contributed by atoms with Crippen LogP contribution in [-0.4, -0.2) is 52.5 Å². The number of carboxylic acid groups (broad SMARTS) is 1. The van der Waals surface area contributed by atoms with E-state index in [1.165, 1.54) is 12.4 Å². The molecule has 1 aromatic heterocycles. The topological polar surface area (TPSA) is 105 Å². The first-order valence-corrected chi connectivity index (χ1v) is 5.22. The van der Waals surface area contributed by atoms with Gasteiger partial charge in [-0.15, -0.1) is 0 Å². The van der Waals surface area contributed by atoms with Crippen LogP contribution in [0.15, 0.2) is 12.4 Å². The van der Waals surface area contributed by atoms with Crippen LogP contribution in [0.2, 0.25) is 0 Å². The Hall–Kier alpha value is -1.73. The lowest BCUT2D eigenvalue weighted by Gasteiger charge is -2.05. The Morgan fingerprint density at radius 2 is 2.24 bits per heavy atom. The number of hydrogen-bond acceptors (Lipinski definition) is 6. The number of aliphatic hydroxyl groups excluding tert-OH is 1. The Labute approximate surface area is 98.5 Å². The van der Waals surface area contributed by atoms with Gasteiger partial charge in [-0.1, -0.05) is 0 Å². The van der Waals surface area contributed by atoms with Gasteiger partial charge in [-0.05, 0) is 6.42 Å². The van der Waals surface area contributed by atoms with Crippen LogP contribution in [0.1, 0.15) is 16.9 Å². The van der Waals surface area contributed by atoms with Gasteiger partial charge >= 0.3 is 5.97 Å². The van der Waals surface area contributed by atoms with Gasteiger partial charge in [0.25, 0.3) is 0 Å². The maximum Gasteiger partial charge on any atom is 0.356 e. The number of carboxylic acids is 1. The van der Waals surface area contributed by atoms with Crippen molar-refractivity contribution in [1.29, 1.82) is 0 Å². The van der Waals surface area contributed by atoms with Crippen LogP contribution >= 0.6 is 0 Å². The van der Waals surface area contributed by atoms with Crippen molar-refractivity contribution in [3.8, 4) is 0 Å². The van der Waals surface area contributed by atoms with E-state index in [9.17, 15) is 4.79 Å². The van der Waals surface area contributed by atoms with Crippen molar-refractivity contribution in [2.45, 2.75) is 6.42 Å². The third kappa shape index (κ3) is 5.23. The Morgan fingerprint density at radius 3 is 2.94 bits per heavy atom. The van der Waals surface area contributed by atoms with Crippen LogP contribution in [0.25, 0.3) is 0 Å². The molecular formula is C10H15N3O4. The number of hydrogen-bond donors (Lipinski definition) is 3. The van der Waals surface area contributed by atoms with Gasteiger partial charge in [0.1, 0.15) is 5.82 Å². The molecule has 0 aliphatic rings. The van der Waals surface area contributed by atoms with Crippen LogP contribution < -0.4 is 5.32 Å². The monoisotopic (exact) mass is 241 g/mol. The molecule has 0 aromatic carbocycles. The van der Waals surface area contributed by atoms with Gasteiger partial charge in [0, 0.05) is 13.2 Å². The van der Waals surface area contributed by atoms with Crippen molar-refractivity contribution >= 4 is 11.8 Å². The summed E-state index contributed by atoms with van der Waals surface area (Å²) >= 11 is 0. The third-order valence-electron chi connectivity index (χ3n) is 1.86. The zero-order valence-electron chi connectivity index (χ0n) is 9.30. The SMILES string of the molecule is O=C(O)c1cncc(NCCCOCCO)n1. The average molecular weight is 241 g/mol. The predicted molar refractivity (Wildman–Crippen MR) is 60.0 cm³/mol. The van der Waals surface area contributed by atoms with E-state index >= 15 is 0 Å². The molecule has 94 valence electrons. The summed E-state index contributed by atoms with van der Waals surface area (Å²) in [7, 11) is 0. The summed E-state index contributed by atoms with van der Waals surface area (Å²) in [5, 5.41) is 20.1. The Balaban J connectivity index is 2.27. The van der Waals surface area contributed by atoms with Crippen molar-refractivity contribution < 1.29 is 19.7 Å². The molecule has 0 atom stereocenters. The van der Waals surface area contributed by atoms with Crippen LogP contribution in [0.5, 0.6) is 0 Å². The maximum absolute atomic E-state index is 10.6. The molecule has 1 aromatic rings. The molecule has 1 rings (SSSR count). The van der Waals surface area contributed by atoms with Crippen LogP contribution in [0.3, 0.4) is 0 Å². The zero-order valence-corrected chi connectivity index (χ0v) is 9.30. The molecule has 0 aliphatic heterocycles. The van der Waals surface area contributed by atoms with Crippen LogP contribution in [-0.2, 0) is 4.74 Å². The minimum absolute atomic E-state index is 0.0135. The number of ether oxygens (including phenoxy) is 1. The average Bonchev–Trinajstić information content (AvgIpc) is 2.34. The number of aliphatic hydroxyl groups is 1. The van der Waals surface area contributed by atoms with Crippen molar-refractivity contribution in [3.05, 3.63) is 18.1 Å². The number of aromatic nitrogens is 2. The van der Waals surface area contributed by atoms with Gasteiger partial charge in [0.2, 0.25) is 0 Å². The molecule has 17 heavy (non-hydrogen) atoms. The number of aromatic carboxylic acids is 1. The normalized spacial score (nSPS) is 10.2. The van der Waals surface area contributed by atoms with Crippen molar-refractivity contribution in [3.63, 3.8) is 0 Å². The molecule has 0 saturated carbocycles. The summed E-state index contributed by atoms with van der Waals surface area (Å²) in [6, 6.07) is 0. The summed E-state index contributed by atoms with van der Waals surface area (Å²) < 4.78 is 5.06. The third-order valence-corrected chi connectivity index (χ3v) is 1.86. The highest BCUT2D eigenvalue weighted by atomic mass is 16.5. The minimum Gasteiger partial charge on any atom is -0.476 e. The fourth-order valence-electron chi connectivity index (χ4n) is 1.11. The highest BCUT2D eigenvalue weighted by molar-refractivity contribution is 5.85. The lowest BCUT2D eigenvalue weighted by Crippen LogP contribution is -2.10. The molecule has 0 fully saturated rings. The van der Waals surface area contributed by atoms with E-state index in [2.05, 4.69) is 15.3 Å². The highest BCUT2D eigenvalue weighted by Crippen LogP contribution is 2.02. The second-order valence-electron chi connectivity index (χ2n) is 3.21. The highest BCUT2D eigenvalue weighted by Gasteiger charge is 2.05. The Kier molecular flexibility index (Phi) is 5.91. The van der Waals surface area contributed by atoms with Crippen LogP contribution in [0.4, 0.5) is 5.82 Å². The molecule has 0 bridgehead atoms. The van der Waals surface area contributed by atoms with Gasteiger partial charge in [0.05, 0.1) is 25.6 Å². The number of rotatable bonds is 8. The lowest BCUT2D eigenvalue weighted by molar-refractivity contribution is 0.0690. The molecule has 7 nitrogen and oxygen atoms in total. The van der Waals surface area contributed by atoms with E-state index in [-0.39, 0.29) is 12.3 Å². The minimum atomic E-state index is -1.10. The number of anilines is 1. The number of nitrogens with one attached hydrogen (secondary N) is 1. The van der Waals surface area contributed by atoms with E-state index in [0.29, 0.717) is 25.6 Å². The maximum atomic E-state index is 10.6. The standard InChI is InChI=1S/C10H15N3O4/c14-3-5-17-4-1-2-12-9-7-11-6-8(13-9)10(15)16/h6-7,14H,1-5H2,(H,12,13)(H,15,16). The Morgan fingerprint density at radius 1 is 1.41 bits per heavy atom. The molecule has 0 radical (unpaired) electrons. The summed E-state index contributed by atoms with van der Waals surface area (Å²) in [5.41, 5.74) is -0.0912. The van der Waals surface area contributed by atoms with E-state index in [0.717, 1.165) is 6.42 Å². The number of nitrogens with zero attached hydrogens (tertiary/aromatic N) is 2. The summed E-state index contributed by atoms with van der Waals surface area (Å²) in [6.45, 7) is 1.47. The summed E-state index contributed by atoms with van der Waals surface area (Å²) in [6.07, 6.45) is 3.39. The molecule has 0 spiro atoms. The quantitative estimate of drug-likeness (QED) is 0.549. The molecule has 0 amide bonds. The van der Waals surface area contributed by atoms with Gasteiger partial charge in [-0.3, -0.25) is 4.98 Å². The Bertz CT molecular complexity index is 359. The van der Waals surface area contributed by atoms with Crippen molar-refractivity contribution in [2.24, 2.45) is 0 Å². The first kappa shape index (κ1) is 13.3. The van der Waals surface area contributed by atoms with E-state index in [1.807, 2.05) is 0 Å². The van der Waals surface area contributed by atoms with Crippen LogP contribution in [0, 0.1) is 0 Å². The molecule has 7 heteroatoms. The largest absolute Gasteiger partial charge is 0.476 e. The second kappa shape index (κ2) is 7.53. The lowest BCUT2D eigenvalue weighted by atomic mass is 10.4. The molecule has 1 heterocycles. The van der Waals surface area contributed by atoms with E-state index in [1.54, 1.807) is 0 Å². The first-order chi connectivity index (χ1) is 8.24. The molecule has 0 saturated heterocycles. The summed E-state index contributed by atoms with van der Waals surface area (Å²) in [5.74, 6) is -0.681. The van der Waals surface area contributed by atoms with E-state index in [4.69, 9.17) is 14.9 Å². The summed E-state index contributed by atoms with van der Waals surface area (Å²) in [4.78, 5) is 18.2. The van der Waals surface area contributed by atoms with Crippen molar-refractivity contribution in [2.75, 3.05) is 31.7 Å². The molecule has 3 N–H and O–H groups in total. The molecule has 0 unspecified atom stereocenters. The fourth-order valence-corrected chi connectivity index (χ4v) is 1.11. The van der Waals surface area contributed by atoms with Gasteiger partial charge < -0.3 is 20.3 Å². The van der Waals surface area contributed by atoms with Crippen molar-refractivity contribution in [1.82, 2.24) is 9.97 Å². The van der Waals surface area contributed by atoms with Gasteiger partial charge in [-0.2, -0.15) is 0 Å². The molecular weight excluding hydrogens is 226 g/mol. The zero-order chi connectivity index (χ0) is 12.5. The molecule has 0 aliphatic carbocycles. The first-order valence-electron chi connectivity index (χ1n) is 5.22. The smallest absolute Gasteiger partial charge is 0.356 e. The van der Waals surface area contributed by atoms with E-state index < -0.39 is 5.97 Å². The predicted octanol–water partition coefficient (Wildman–Crippen LogP) is -0.0143. The number of carbonyl (C=O) groups is 1. The van der Waals surface area contributed by atoms with Gasteiger partial charge in [-0.25, -0.2) is 9.78 Å².